The maximum Gasteiger partial charge on any atom is 0.0791 e. The third-order valence-electron chi connectivity index (χ3n) is 4.16. The van der Waals surface area contributed by atoms with Gasteiger partial charge in [0.05, 0.1) is 12.2 Å². The van der Waals surface area contributed by atoms with Crippen LogP contribution in [0.15, 0.2) is 18.2 Å². The summed E-state index contributed by atoms with van der Waals surface area (Å²) in [4.78, 5) is 0. The van der Waals surface area contributed by atoms with Crippen molar-refractivity contribution in [1.82, 2.24) is 0 Å². The summed E-state index contributed by atoms with van der Waals surface area (Å²) in [5.74, 6) is 0. The van der Waals surface area contributed by atoms with E-state index in [-0.39, 0.29) is 6.10 Å². The highest BCUT2D eigenvalue weighted by Gasteiger charge is 2.18. The highest BCUT2D eigenvalue weighted by molar-refractivity contribution is 5.33. The van der Waals surface area contributed by atoms with Crippen molar-refractivity contribution in [1.29, 1.82) is 0 Å². The minimum Gasteiger partial charge on any atom is -0.388 e. The molecular formula is C17H26O2. The first-order valence-corrected chi connectivity index (χ1v) is 7.66. The molecule has 106 valence electrons. The molecule has 19 heavy (non-hydrogen) atoms. The smallest absolute Gasteiger partial charge is 0.0791 e. The molecule has 2 nitrogen and oxygen atoms in total. The maximum atomic E-state index is 10.3. The fourth-order valence-corrected chi connectivity index (χ4v) is 2.91. The van der Waals surface area contributed by atoms with Crippen molar-refractivity contribution in [2.75, 3.05) is 6.61 Å². The summed E-state index contributed by atoms with van der Waals surface area (Å²) in [6.45, 7) is 5.25. The van der Waals surface area contributed by atoms with E-state index in [0.717, 1.165) is 44.3 Å². The molecule has 1 aliphatic rings. The van der Waals surface area contributed by atoms with Crippen LogP contribution in [0.25, 0.3) is 0 Å². The van der Waals surface area contributed by atoms with Gasteiger partial charge < -0.3 is 9.84 Å². The molecule has 0 radical (unpaired) electrons. The lowest BCUT2D eigenvalue weighted by molar-refractivity contribution is 0.0812. The van der Waals surface area contributed by atoms with E-state index in [1.807, 2.05) is 0 Å². The Labute approximate surface area is 116 Å². The molecular weight excluding hydrogens is 236 g/mol. The van der Waals surface area contributed by atoms with E-state index in [0.29, 0.717) is 6.10 Å². The van der Waals surface area contributed by atoms with Gasteiger partial charge in [-0.1, -0.05) is 32.0 Å². The topological polar surface area (TPSA) is 29.5 Å². The molecule has 2 rings (SSSR count). The van der Waals surface area contributed by atoms with Crippen LogP contribution in [0.2, 0.25) is 0 Å². The number of hydrogen-bond acceptors (Lipinski definition) is 2. The van der Waals surface area contributed by atoms with Crippen LogP contribution in [0, 0.1) is 0 Å². The molecule has 1 aromatic rings. The third kappa shape index (κ3) is 3.80. The number of aliphatic hydroxyl groups excluding tert-OH is 1. The first kappa shape index (κ1) is 14.5. The average Bonchev–Trinajstić information content (AvgIpc) is 2.97. The van der Waals surface area contributed by atoms with Crippen molar-refractivity contribution in [2.45, 2.75) is 64.6 Å². The van der Waals surface area contributed by atoms with E-state index in [1.165, 1.54) is 17.5 Å². The zero-order valence-electron chi connectivity index (χ0n) is 12.2. The lowest BCUT2D eigenvalue weighted by atomic mass is 9.95. The number of rotatable bonds is 6. The molecule has 1 N–H and O–H groups in total. The van der Waals surface area contributed by atoms with E-state index in [1.54, 1.807) is 0 Å². The van der Waals surface area contributed by atoms with Crippen molar-refractivity contribution in [2.24, 2.45) is 0 Å². The predicted octanol–water partition coefficient (Wildman–Crippen LogP) is 3.80. The molecule has 0 bridgehead atoms. The Hall–Kier alpha value is -0.860. The summed E-state index contributed by atoms with van der Waals surface area (Å²) in [6, 6.07) is 6.43. The maximum absolute atomic E-state index is 10.3. The van der Waals surface area contributed by atoms with Gasteiger partial charge >= 0.3 is 0 Å². The number of ether oxygens (including phenoxy) is 1. The number of hydrogen-bond donors (Lipinski definition) is 1. The third-order valence-corrected chi connectivity index (χ3v) is 4.16. The molecule has 2 unspecified atom stereocenters. The van der Waals surface area contributed by atoms with Gasteiger partial charge in [0.25, 0.3) is 0 Å². The molecule has 1 saturated heterocycles. The summed E-state index contributed by atoms with van der Waals surface area (Å²) >= 11 is 0. The second-order valence-electron chi connectivity index (χ2n) is 5.46. The molecule has 1 aromatic carbocycles. The zero-order chi connectivity index (χ0) is 13.7. The first-order chi connectivity index (χ1) is 9.24. The molecule has 0 aliphatic carbocycles. The van der Waals surface area contributed by atoms with Gasteiger partial charge in [0, 0.05) is 6.61 Å². The molecule has 0 amide bonds. The van der Waals surface area contributed by atoms with Crippen LogP contribution in [-0.2, 0) is 17.6 Å². The largest absolute Gasteiger partial charge is 0.388 e. The van der Waals surface area contributed by atoms with Gasteiger partial charge in [-0.25, -0.2) is 0 Å². The highest BCUT2D eigenvalue weighted by atomic mass is 16.5. The highest BCUT2D eigenvalue weighted by Crippen LogP contribution is 2.25. The molecule has 2 atom stereocenters. The van der Waals surface area contributed by atoms with Crippen molar-refractivity contribution in [3.05, 3.63) is 34.9 Å². The van der Waals surface area contributed by atoms with Gasteiger partial charge in [-0.15, -0.1) is 0 Å². The van der Waals surface area contributed by atoms with Gasteiger partial charge in [0.2, 0.25) is 0 Å². The van der Waals surface area contributed by atoms with Gasteiger partial charge in [-0.05, 0) is 55.2 Å². The molecule has 0 aromatic heterocycles. The average molecular weight is 262 g/mol. The van der Waals surface area contributed by atoms with Crippen LogP contribution in [-0.4, -0.2) is 17.8 Å². The van der Waals surface area contributed by atoms with Gasteiger partial charge in [-0.2, -0.15) is 0 Å². The zero-order valence-corrected chi connectivity index (χ0v) is 12.2. The second-order valence-corrected chi connectivity index (χ2v) is 5.46. The van der Waals surface area contributed by atoms with Crippen LogP contribution in [0.4, 0.5) is 0 Å². The molecule has 1 aliphatic heterocycles. The van der Waals surface area contributed by atoms with E-state index in [4.69, 9.17) is 4.74 Å². The molecule has 2 heteroatoms. The molecule has 0 spiro atoms. The number of benzene rings is 1. The van der Waals surface area contributed by atoms with Crippen molar-refractivity contribution < 1.29 is 9.84 Å². The number of aryl methyl sites for hydroxylation is 2. The summed E-state index contributed by atoms with van der Waals surface area (Å²) in [5, 5.41) is 10.3. The van der Waals surface area contributed by atoms with Gasteiger partial charge in [0.1, 0.15) is 0 Å². The van der Waals surface area contributed by atoms with E-state index in [9.17, 15) is 5.11 Å². The quantitative estimate of drug-likeness (QED) is 0.845. The van der Waals surface area contributed by atoms with Crippen molar-refractivity contribution in [3.63, 3.8) is 0 Å². The summed E-state index contributed by atoms with van der Waals surface area (Å²) < 4.78 is 5.61. The molecule has 1 fully saturated rings. The summed E-state index contributed by atoms with van der Waals surface area (Å²) in [7, 11) is 0. The Bertz CT molecular complexity index is 394. The summed E-state index contributed by atoms with van der Waals surface area (Å²) in [6.07, 6.45) is 6.23. The standard InChI is InChI=1S/C17H26O2/c1-3-13-7-8-15(12-14(13)4-2)17(18)10-9-16-6-5-11-19-16/h7-8,12,16-18H,3-6,9-11H2,1-2H3. The van der Waals surface area contributed by atoms with Crippen LogP contribution in [0.5, 0.6) is 0 Å². The van der Waals surface area contributed by atoms with Gasteiger partial charge in [0.15, 0.2) is 0 Å². The monoisotopic (exact) mass is 262 g/mol. The van der Waals surface area contributed by atoms with E-state index >= 15 is 0 Å². The Morgan fingerprint density at radius 1 is 1.26 bits per heavy atom. The van der Waals surface area contributed by atoms with Crippen molar-refractivity contribution in [3.8, 4) is 0 Å². The Morgan fingerprint density at radius 2 is 2.05 bits per heavy atom. The van der Waals surface area contributed by atoms with Crippen LogP contribution in [0.3, 0.4) is 0 Å². The fraction of sp³-hybridized carbons (Fsp3) is 0.647. The minimum absolute atomic E-state index is 0.347. The molecule has 1 heterocycles. The van der Waals surface area contributed by atoms with Gasteiger partial charge in [-0.3, -0.25) is 0 Å². The minimum atomic E-state index is -0.347. The van der Waals surface area contributed by atoms with Crippen molar-refractivity contribution >= 4 is 0 Å². The van der Waals surface area contributed by atoms with E-state index < -0.39 is 0 Å². The van der Waals surface area contributed by atoms with Crippen LogP contribution < -0.4 is 0 Å². The number of aliphatic hydroxyl groups is 1. The van der Waals surface area contributed by atoms with Crippen LogP contribution >= 0.6 is 0 Å². The summed E-state index contributed by atoms with van der Waals surface area (Å²) in [5.41, 5.74) is 3.83. The lowest BCUT2D eigenvalue weighted by Gasteiger charge is -2.16. The predicted molar refractivity (Wildman–Crippen MR) is 78.4 cm³/mol. The second kappa shape index (κ2) is 7.06. The van der Waals surface area contributed by atoms with Crippen LogP contribution in [0.1, 0.15) is 62.3 Å². The lowest BCUT2D eigenvalue weighted by Crippen LogP contribution is -2.08. The Balaban J connectivity index is 1.95. The van der Waals surface area contributed by atoms with E-state index in [2.05, 4.69) is 32.0 Å². The SMILES string of the molecule is CCc1ccc(C(O)CCC2CCCO2)cc1CC. The Morgan fingerprint density at radius 3 is 2.68 bits per heavy atom. The fourth-order valence-electron chi connectivity index (χ4n) is 2.91. The Kier molecular flexibility index (Phi) is 5.41. The first-order valence-electron chi connectivity index (χ1n) is 7.66. The molecule has 0 saturated carbocycles. The normalized spacial score (nSPS) is 20.7.